The fourth-order valence-electron chi connectivity index (χ4n) is 3.03. The van der Waals surface area contributed by atoms with Gasteiger partial charge in [-0.25, -0.2) is 5.43 Å². The summed E-state index contributed by atoms with van der Waals surface area (Å²) in [4.78, 5) is 22.8. The molecule has 0 radical (unpaired) electrons. The first-order chi connectivity index (χ1) is 16.4. The van der Waals surface area contributed by atoms with E-state index in [4.69, 9.17) is 21.1 Å². The van der Waals surface area contributed by atoms with Gasteiger partial charge >= 0.3 is 0 Å². The van der Waals surface area contributed by atoms with Gasteiger partial charge in [0.05, 0.1) is 29.2 Å². The third-order valence-electron chi connectivity index (χ3n) is 4.57. The molecule has 8 nitrogen and oxygen atoms in total. The van der Waals surface area contributed by atoms with Crippen molar-refractivity contribution in [3.8, 4) is 11.5 Å². The zero-order valence-electron chi connectivity index (χ0n) is 18.2. The van der Waals surface area contributed by atoms with Gasteiger partial charge in [-0.1, -0.05) is 57.9 Å². The number of rotatable bonds is 10. The highest BCUT2D eigenvalue weighted by Crippen LogP contribution is 2.37. The van der Waals surface area contributed by atoms with Crippen LogP contribution in [0.1, 0.15) is 23.6 Å². The normalized spacial score (nSPS) is 10.8. The lowest BCUT2D eigenvalue weighted by molar-refractivity contribution is -0.385. The third-order valence-corrected chi connectivity index (χ3v) is 5.38. The number of hydrazone groups is 1. The van der Waals surface area contributed by atoms with Crippen LogP contribution in [0.15, 0.2) is 70.2 Å². The van der Waals surface area contributed by atoms with Gasteiger partial charge in [0.25, 0.3) is 5.69 Å². The summed E-state index contributed by atoms with van der Waals surface area (Å²) in [5.74, 6) is 0.361. The van der Waals surface area contributed by atoms with Gasteiger partial charge in [-0.05, 0) is 42.3 Å². The molecule has 1 amide bonds. The Morgan fingerprint density at radius 3 is 2.62 bits per heavy atom. The van der Waals surface area contributed by atoms with E-state index >= 15 is 0 Å². The molecule has 0 saturated carbocycles. The molecule has 0 heterocycles. The second-order valence-corrected chi connectivity index (χ2v) is 8.36. The number of hydrogen-bond acceptors (Lipinski definition) is 6. The maximum absolute atomic E-state index is 12.2. The maximum Gasteiger partial charge on any atom is 0.273 e. The monoisotopic (exact) mass is 545 g/mol. The van der Waals surface area contributed by atoms with Crippen molar-refractivity contribution in [2.24, 2.45) is 5.10 Å². The van der Waals surface area contributed by atoms with Crippen LogP contribution >= 0.6 is 27.5 Å². The first kappa shape index (κ1) is 25.2. The second kappa shape index (κ2) is 12.2. The largest absolute Gasteiger partial charge is 0.490 e. The van der Waals surface area contributed by atoms with Crippen molar-refractivity contribution in [3.63, 3.8) is 0 Å². The number of carbonyl (C=O) groups is 1. The Balaban J connectivity index is 1.67. The molecule has 0 spiro atoms. The Bertz CT molecular complexity index is 1200. The Morgan fingerprint density at radius 1 is 1.18 bits per heavy atom. The van der Waals surface area contributed by atoms with E-state index in [9.17, 15) is 14.9 Å². The number of nitrogens with one attached hydrogen (secondary N) is 1. The molecule has 0 aliphatic rings. The molecule has 3 aromatic carbocycles. The summed E-state index contributed by atoms with van der Waals surface area (Å²) in [5.41, 5.74) is 4.10. The molecule has 10 heteroatoms. The van der Waals surface area contributed by atoms with Crippen LogP contribution in [0.4, 0.5) is 5.69 Å². The standard InChI is InChI=1S/C24H21BrClN3O5/c1-2-33-22-12-17(11-20(26)24(22)34-15-16-7-9-19(25)10-8-16)14-27-28-23(30)13-18-5-3-4-6-21(18)29(31)32/h3-12,14H,2,13,15H2,1H3,(H,28,30)/b27-14+. The van der Waals surface area contributed by atoms with E-state index in [-0.39, 0.29) is 12.1 Å². The Kier molecular flexibility index (Phi) is 9.00. The molecule has 3 aromatic rings. The van der Waals surface area contributed by atoms with Crippen LogP contribution in [-0.4, -0.2) is 23.7 Å². The molecule has 0 aliphatic heterocycles. The number of nitro benzene ring substituents is 1. The van der Waals surface area contributed by atoms with Crippen molar-refractivity contribution in [3.05, 3.63) is 97.0 Å². The first-order valence-corrected chi connectivity index (χ1v) is 11.4. The van der Waals surface area contributed by atoms with Gasteiger partial charge in [0.15, 0.2) is 11.5 Å². The summed E-state index contributed by atoms with van der Waals surface area (Å²) in [7, 11) is 0. The van der Waals surface area contributed by atoms with E-state index in [1.165, 1.54) is 18.3 Å². The van der Waals surface area contributed by atoms with Crippen LogP contribution in [0.25, 0.3) is 0 Å². The van der Waals surface area contributed by atoms with Gasteiger partial charge in [0, 0.05) is 16.1 Å². The maximum atomic E-state index is 12.2. The number of para-hydroxylation sites is 1. The lowest BCUT2D eigenvalue weighted by Crippen LogP contribution is -2.20. The van der Waals surface area contributed by atoms with Gasteiger partial charge in [0.1, 0.15) is 6.61 Å². The fraction of sp³-hybridized carbons (Fsp3) is 0.167. The number of benzene rings is 3. The zero-order valence-corrected chi connectivity index (χ0v) is 20.5. The Morgan fingerprint density at radius 2 is 1.91 bits per heavy atom. The van der Waals surface area contributed by atoms with E-state index in [2.05, 4.69) is 26.5 Å². The highest BCUT2D eigenvalue weighted by molar-refractivity contribution is 9.10. The molecule has 0 bridgehead atoms. The van der Waals surface area contributed by atoms with Crippen molar-refractivity contribution >= 4 is 45.3 Å². The van der Waals surface area contributed by atoms with Crippen LogP contribution in [0.3, 0.4) is 0 Å². The van der Waals surface area contributed by atoms with Crippen molar-refractivity contribution in [2.75, 3.05) is 6.61 Å². The third kappa shape index (κ3) is 7.03. The van der Waals surface area contributed by atoms with Crippen LogP contribution < -0.4 is 14.9 Å². The smallest absolute Gasteiger partial charge is 0.273 e. The minimum atomic E-state index is -0.524. The molecule has 34 heavy (non-hydrogen) atoms. The highest BCUT2D eigenvalue weighted by Gasteiger charge is 2.15. The number of ether oxygens (including phenoxy) is 2. The number of nitro groups is 1. The molecule has 0 aliphatic carbocycles. The summed E-state index contributed by atoms with van der Waals surface area (Å²) < 4.78 is 12.6. The molecule has 0 aromatic heterocycles. The Labute approximate surface area is 209 Å². The summed E-state index contributed by atoms with van der Waals surface area (Å²) in [5, 5.41) is 15.4. The summed E-state index contributed by atoms with van der Waals surface area (Å²) in [6, 6.07) is 17.1. The minimum Gasteiger partial charge on any atom is -0.490 e. The molecule has 3 rings (SSSR count). The molecule has 1 N–H and O–H groups in total. The van der Waals surface area contributed by atoms with E-state index < -0.39 is 10.8 Å². The topological polar surface area (TPSA) is 103 Å². The van der Waals surface area contributed by atoms with Crippen LogP contribution in [0.2, 0.25) is 5.02 Å². The lowest BCUT2D eigenvalue weighted by atomic mass is 10.1. The van der Waals surface area contributed by atoms with E-state index in [0.717, 1.165) is 10.0 Å². The number of carbonyl (C=O) groups excluding carboxylic acids is 1. The van der Waals surface area contributed by atoms with Gasteiger partial charge in [-0.3, -0.25) is 14.9 Å². The van der Waals surface area contributed by atoms with Crippen molar-refractivity contribution in [1.29, 1.82) is 0 Å². The van der Waals surface area contributed by atoms with E-state index in [0.29, 0.717) is 40.9 Å². The molecule has 0 fully saturated rings. The van der Waals surface area contributed by atoms with E-state index in [1.54, 1.807) is 24.3 Å². The number of nitrogens with zero attached hydrogens (tertiary/aromatic N) is 2. The molecular formula is C24H21BrClN3O5. The average molecular weight is 547 g/mol. The SMILES string of the molecule is CCOc1cc(/C=N/NC(=O)Cc2ccccc2[N+](=O)[O-])cc(Cl)c1OCc1ccc(Br)cc1. The van der Waals surface area contributed by atoms with Gasteiger partial charge in [0.2, 0.25) is 5.91 Å². The number of amides is 1. The van der Waals surface area contributed by atoms with Crippen LogP contribution in [0, 0.1) is 10.1 Å². The summed E-state index contributed by atoms with van der Waals surface area (Å²) in [6.07, 6.45) is 1.23. The van der Waals surface area contributed by atoms with E-state index in [1.807, 2.05) is 31.2 Å². The van der Waals surface area contributed by atoms with Gasteiger partial charge in [-0.2, -0.15) is 5.10 Å². The predicted molar refractivity (Wildman–Crippen MR) is 134 cm³/mol. The number of hydrogen-bond donors (Lipinski definition) is 1. The minimum absolute atomic E-state index is 0.117. The van der Waals surface area contributed by atoms with Gasteiger partial charge in [-0.15, -0.1) is 0 Å². The molecule has 0 atom stereocenters. The summed E-state index contributed by atoms with van der Waals surface area (Å²) in [6.45, 7) is 2.55. The van der Waals surface area contributed by atoms with Crippen molar-refractivity contribution < 1.29 is 19.2 Å². The second-order valence-electron chi connectivity index (χ2n) is 7.03. The first-order valence-electron chi connectivity index (χ1n) is 10.2. The quantitative estimate of drug-likeness (QED) is 0.200. The molecule has 176 valence electrons. The molecular weight excluding hydrogens is 526 g/mol. The van der Waals surface area contributed by atoms with Crippen LogP contribution in [-0.2, 0) is 17.8 Å². The number of halogens is 2. The highest BCUT2D eigenvalue weighted by atomic mass is 79.9. The van der Waals surface area contributed by atoms with Crippen LogP contribution in [0.5, 0.6) is 11.5 Å². The van der Waals surface area contributed by atoms with Crippen molar-refractivity contribution in [1.82, 2.24) is 5.43 Å². The molecule has 0 saturated heterocycles. The zero-order chi connectivity index (χ0) is 24.5. The predicted octanol–water partition coefficient (Wildman–Crippen LogP) is 5.68. The van der Waals surface area contributed by atoms with Crippen molar-refractivity contribution in [2.45, 2.75) is 20.0 Å². The summed E-state index contributed by atoms with van der Waals surface area (Å²) >= 11 is 9.83. The molecule has 0 unspecified atom stereocenters. The van der Waals surface area contributed by atoms with Gasteiger partial charge < -0.3 is 9.47 Å². The fourth-order valence-corrected chi connectivity index (χ4v) is 3.57. The lowest BCUT2D eigenvalue weighted by Gasteiger charge is -2.14. The Hall–Kier alpha value is -3.43. The average Bonchev–Trinajstić information content (AvgIpc) is 2.80.